The second kappa shape index (κ2) is 8.66. The van der Waals surface area contributed by atoms with Gasteiger partial charge in [-0.1, -0.05) is 11.3 Å². The first-order valence-corrected chi connectivity index (χ1v) is 9.09. The molecule has 0 unspecified atom stereocenters. The number of amides is 2. The standard InChI is InChI=1S/C18H23N3O4S/c1-6-24-13-9-8-12(10-14(13)25-7-2)16(22)20-18-19-11(3)15(26-18)17(23)21(4)5/h8-10H,6-7H2,1-5H3,(H,19,20,22). The van der Waals surface area contributed by atoms with Crippen molar-refractivity contribution in [2.24, 2.45) is 0 Å². The monoisotopic (exact) mass is 377 g/mol. The van der Waals surface area contributed by atoms with Crippen LogP contribution in [0.25, 0.3) is 0 Å². The number of carbonyl (C=O) groups is 2. The molecule has 0 spiro atoms. The Morgan fingerprint density at radius 2 is 1.81 bits per heavy atom. The lowest BCUT2D eigenvalue weighted by Gasteiger charge is -2.12. The molecule has 0 aliphatic carbocycles. The number of carbonyl (C=O) groups excluding carboxylic acids is 2. The van der Waals surface area contributed by atoms with Crippen LogP contribution in [0, 0.1) is 6.92 Å². The van der Waals surface area contributed by atoms with E-state index in [-0.39, 0.29) is 11.8 Å². The Balaban J connectivity index is 2.21. The Labute approximate surface area is 156 Å². The maximum Gasteiger partial charge on any atom is 0.265 e. The Hall–Kier alpha value is -2.61. The van der Waals surface area contributed by atoms with Crippen LogP contribution in [0.5, 0.6) is 11.5 Å². The van der Waals surface area contributed by atoms with Crippen molar-refractivity contribution in [3.8, 4) is 11.5 Å². The number of nitrogens with zero attached hydrogens (tertiary/aromatic N) is 2. The van der Waals surface area contributed by atoms with Crippen molar-refractivity contribution in [1.29, 1.82) is 0 Å². The summed E-state index contributed by atoms with van der Waals surface area (Å²) in [7, 11) is 3.35. The lowest BCUT2D eigenvalue weighted by atomic mass is 10.2. The molecule has 0 aliphatic rings. The van der Waals surface area contributed by atoms with Crippen molar-refractivity contribution in [1.82, 2.24) is 9.88 Å². The number of anilines is 1. The van der Waals surface area contributed by atoms with E-state index >= 15 is 0 Å². The van der Waals surface area contributed by atoms with Gasteiger partial charge in [-0.2, -0.15) is 0 Å². The topological polar surface area (TPSA) is 80.8 Å². The van der Waals surface area contributed by atoms with Gasteiger partial charge < -0.3 is 14.4 Å². The third-order valence-corrected chi connectivity index (χ3v) is 4.48. The molecule has 1 aromatic heterocycles. The number of nitrogens with one attached hydrogen (secondary N) is 1. The van der Waals surface area contributed by atoms with Crippen LogP contribution in [0.3, 0.4) is 0 Å². The first-order chi connectivity index (χ1) is 12.4. The zero-order valence-corrected chi connectivity index (χ0v) is 16.4. The summed E-state index contributed by atoms with van der Waals surface area (Å²) in [5, 5.41) is 3.11. The number of hydrogen-bond donors (Lipinski definition) is 1. The third-order valence-electron chi connectivity index (χ3n) is 3.42. The SMILES string of the molecule is CCOc1ccc(C(=O)Nc2nc(C)c(C(=O)N(C)C)s2)cc1OCC. The van der Waals surface area contributed by atoms with Gasteiger partial charge in [-0.05, 0) is 39.0 Å². The fourth-order valence-electron chi connectivity index (χ4n) is 2.21. The molecule has 0 atom stereocenters. The van der Waals surface area contributed by atoms with Gasteiger partial charge in [0.2, 0.25) is 0 Å². The van der Waals surface area contributed by atoms with Crippen LogP contribution in [0.2, 0.25) is 0 Å². The van der Waals surface area contributed by atoms with E-state index in [1.807, 2.05) is 13.8 Å². The first kappa shape index (κ1) is 19.7. The number of benzene rings is 1. The highest BCUT2D eigenvalue weighted by Gasteiger charge is 2.19. The molecule has 7 nitrogen and oxygen atoms in total. The summed E-state index contributed by atoms with van der Waals surface area (Å²) < 4.78 is 11.0. The summed E-state index contributed by atoms with van der Waals surface area (Å²) in [6.45, 7) is 6.46. The van der Waals surface area contributed by atoms with Crippen LogP contribution in [0.15, 0.2) is 18.2 Å². The highest BCUT2D eigenvalue weighted by atomic mass is 32.1. The Bertz CT molecular complexity index is 802. The largest absolute Gasteiger partial charge is 0.490 e. The molecule has 1 N–H and O–H groups in total. The van der Waals surface area contributed by atoms with E-state index in [0.29, 0.717) is 46.0 Å². The zero-order valence-electron chi connectivity index (χ0n) is 15.6. The van der Waals surface area contributed by atoms with E-state index < -0.39 is 0 Å². The first-order valence-electron chi connectivity index (χ1n) is 8.27. The van der Waals surface area contributed by atoms with E-state index in [1.165, 1.54) is 4.90 Å². The number of rotatable bonds is 7. The lowest BCUT2D eigenvalue weighted by Crippen LogP contribution is -2.21. The number of ether oxygens (including phenoxy) is 2. The minimum Gasteiger partial charge on any atom is -0.490 e. The molecular formula is C18H23N3O4S. The molecule has 8 heteroatoms. The number of aryl methyl sites for hydroxylation is 1. The molecule has 140 valence electrons. The van der Waals surface area contributed by atoms with E-state index in [1.54, 1.807) is 39.2 Å². The third kappa shape index (κ3) is 4.51. The van der Waals surface area contributed by atoms with Crippen molar-refractivity contribution in [2.75, 3.05) is 32.6 Å². The van der Waals surface area contributed by atoms with Gasteiger partial charge >= 0.3 is 0 Å². The van der Waals surface area contributed by atoms with Crippen molar-refractivity contribution in [3.05, 3.63) is 34.3 Å². The normalized spacial score (nSPS) is 10.3. The molecule has 0 bridgehead atoms. The van der Waals surface area contributed by atoms with Crippen molar-refractivity contribution in [2.45, 2.75) is 20.8 Å². The molecular weight excluding hydrogens is 354 g/mol. The molecule has 0 fully saturated rings. The second-order valence-corrected chi connectivity index (χ2v) is 6.61. The van der Waals surface area contributed by atoms with Crippen LogP contribution in [-0.2, 0) is 0 Å². The van der Waals surface area contributed by atoms with Crippen LogP contribution < -0.4 is 14.8 Å². The number of hydrogen-bond acceptors (Lipinski definition) is 6. The summed E-state index contributed by atoms with van der Waals surface area (Å²) >= 11 is 1.15. The van der Waals surface area contributed by atoms with Crippen LogP contribution in [-0.4, -0.2) is 49.0 Å². The van der Waals surface area contributed by atoms with Gasteiger partial charge in [0, 0.05) is 19.7 Å². The van der Waals surface area contributed by atoms with Crippen LogP contribution >= 0.6 is 11.3 Å². The minimum atomic E-state index is -0.327. The summed E-state index contributed by atoms with van der Waals surface area (Å²) in [5.74, 6) is 0.641. The van der Waals surface area contributed by atoms with Crippen LogP contribution in [0.1, 0.15) is 39.6 Å². The molecule has 1 aromatic carbocycles. The van der Waals surface area contributed by atoms with Gasteiger partial charge in [-0.15, -0.1) is 0 Å². The van der Waals surface area contributed by atoms with Gasteiger partial charge in [0.25, 0.3) is 11.8 Å². The molecule has 0 radical (unpaired) electrons. The molecule has 26 heavy (non-hydrogen) atoms. The van der Waals surface area contributed by atoms with Gasteiger partial charge in [0.1, 0.15) is 4.88 Å². The van der Waals surface area contributed by atoms with E-state index in [0.717, 1.165) is 11.3 Å². The fraction of sp³-hybridized carbons (Fsp3) is 0.389. The Morgan fingerprint density at radius 1 is 1.15 bits per heavy atom. The smallest absolute Gasteiger partial charge is 0.265 e. The van der Waals surface area contributed by atoms with Crippen LogP contribution in [0.4, 0.5) is 5.13 Å². The van der Waals surface area contributed by atoms with Gasteiger partial charge in [-0.25, -0.2) is 4.98 Å². The predicted octanol–water partition coefficient (Wildman–Crippen LogP) is 3.20. The minimum absolute atomic E-state index is 0.139. The number of aromatic nitrogens is 1. The second-order valence-electron chi connectivity index (χ2n) is 5.61. The Morgan fingerprint density at radius 3 is 2.42 bits per heavy atom. The molecule has 0 aliphatic heterocycles. The Kier molecular flexibility index (Phi) is 6.57. The van der Waals surface area contributed by atoms with Crippen molar-refractivity contribution < 1.29 is 19.1 Å². The summed E-state index contributed by atoms with van der Waals surface area (Å²) in [6, 6.07) is 5.00. The molecule has 2 rings (SSSR count). The molecule has 0 saturated carbocycles. The summed E-state index contributed by atoms with van der Waals surface area (Å²) in [6.07, 6.45) is 0. The zero-order chi connectivity index (χ0) is 19.3. The predicted molar refractivity (Wildman–Crippen MR) is 102 cm³/mol. The summed E-state index contributed by atoms with van der Waals surface area (Å²) in [4.78, 5) is 30.9. The van der Waals surface area contributed by atoms with Crippen molar-refractivity contribution >= 4 is 28.3 Å². The lowest BCUT2D eigenvalue weighted by molar-refractivity contribution is 0.0831. The van der Waals surface area contributed by atoms with E-state index in [4.69, 9.17) is 9.47 Å². The molecule has 1 heterocycles. The van der Waals surface area contributed by atoms with Gasteiger partial charge in [-0.3, -0.25) is 14.9 Å². The highest BCUT2D eigenvalue weighted by Crippen LogP contribution is 2.29. The molecule has 2 aromatic rings. The maximum atomic E-state index is 12.5. The van der Waals surface area contributed by atoms with E-state index in [2.05, 4.69) is 10.3 Å². The summed E-state index contributed by atoms with van der Waals surface area (Å²) in [5.41, 5.74) is 1.01. The van der Waals surface area contributed by atoms with Crippen molar-refractivity contribution in [3.63, 3.8) is 0 Å². The molecule has 2 amide bonds. The quantitative estimate of drug-likeness (QED) is 0.801. The molecule has 0 saturated heterocycles. The van der Waals surface area contributed by atoms with Gasteiger partial charge in [0.05, 0.1) is 18.9 Å². The highest BCUT2D eigenvalue weighted by molar-refractivity contribution is 7.17. The average Bonchev–Trinajstić information content (AvgIpc) is 2.96. The number of thiazole rings is 1. The average molecular weight is 377 g/mol. The van der Waals surface area contributed by atoms with E-state index in [9.17, 15) is 9.59 Å². The maximum absolute atomic E-state index is 12.5. The fourth-order valence-corrected chi connectivity index (χ4v) is 3.20. The van der Waals surface area contributed by atoms with Gasteiger partial charge in [0.15, 0.2) is 16.6 Å².